The number of hydrogen-bond acceptors (Lipinski definition) is 6. The lowest BCUT2D eigenvalue weighted by Crippen LogP contribution is -2.14. The van der Waals surface area contributed by atoms with E-state index in [9.17, 15) is 14.4 Å². The summed E-state index contributed by atoms with van der Waals surface area (Å²) < 4.78 is 16.3. The van der Waals surface area contributed by atoms with Crippen molar-refractivity contribution in [1.29, 1.82) is 0 Å². The molecule has 1 aromatic heterocycles. The lowest BCUT2D eigenvalue weighted by molar-refractivity contribution is 0.0490. The van der Waals surface area contributed by atoms with Gasteiger partial charge in [-0.3, -0.25) is 9.59 Å². The molecule has 0 aliphatic carbocycles. The summed E-state index contributed by atoms with van der Waals surface area (Å²) in [4.78, 5) is 37.2. The zero-order chi connectivity index (χ0) is 23.6. The van der Waals surface area contributed by atoms with Crippen LogP contribution < -0.4 is 15.5 Å². The van der Waals surface area contributed by atoms with Crippen molar-refractivity contribution in [2.75, 3.05) is 18.5 Å². The largest absolute Gasteiger partial charge is 0.494 e. The minimum atomic E-state index is -0.737. The van der Waals surface area contributed by atoms with Crippen LogP contribution in [0, 0.1) is 0 Å². The Hall–Kier alpha value is -3.61. The van der Waals surface area contributed by atoms with Crippen molar-refractivity contribution in [2.24, 2.45) is 0 Å². The minimum absolute atomic E-state index is 0.115. The van der Waals surface area contributed by atoms with Gasteiger partial charge in [0.25, 0.3) is 5.91 Å². The maximum absolute atomic E-state index is 12.8. The van der Waals surface area contributed by atoms with Gasteiger partial charge >= 0.3 is 5.97 Å². The van der Waals surface area contributed by atoms with Gasteiger partial charge in [-0.2, -0.15) is 0 Å². The van der Waals surface area contributed by atoms with E-state index in [4.69, 9.17) is 13.9 Å². The van der Waals surface area contributed by atoms with Gasteiger partial charge in [-0.1, -0.05) is 38.7 Å². The van der Waals surface area contributed by atoms with Crippen LogP contribution in [-0.4, -0.2) is 25.1 Å². The van der Waals surface area contributed by atoms with Crippen LogP contribution in [0.1, 0.15) is 66.9 Å². The van der Waals surface area contributed by atoms with Gasteiger partial charge in [-0.15, -0.1) is 0 Å². The highest BCUT2D eigenvalue weighted by atomic mass is 16.5. The summed E-state index contributed by atoms with van der Waals surface area (Å²) in [5.74, 6) is -0.624. The normalized spacial score (nSPS) is 10.7. The van der Waals surface area contributed by atoms with Crippen molar-refractivity contribution in [2.45, 2.75) is 46.0 Å². The van der Waals surface area contributed by atoms with E-state index in [1.165, 1.54) is 19.3 Å². The molecule has 0 bridgehead atoms. The molecule has 0 unspecified atom stereocenters. The summed E-state index contributed by atoms with van der Waals surface area (Å²) in [7, 11) is 0. The first-order chi connectivity index (χ1) is 16.0. The van der Waals surface area contributed by atoms with Crippen LogP contribution in [0.3, 0.4) is 0 Å². The second kappa shape index (κ2) is 11.9. The number of nitrogens with one attached hydrogen (secondary N) is 1. The van der Waals surface area contributed by atoms with Crippen LogP contribution in [0.15, 0.2) is 57.7 Å². The Morgan fingerprint density at radius 3 is 2.45 bits per heavy atom. The molecule has 0 saturated heterocycles. The van der Waals surface area contributed by atoms with Gasteiger partial charge in [-0.25, -0.2) is 4.79 Å². The molecule has 3 aromatic rings. The molecule has 0 aliphatic heterocycles. The number of hydrogen-bond donors (Lipinski definition) is 1. The monoisotopic (exact) mass is 451 g/mol. The number of unbranched alkanes of at least 4 members (excludes halogenated alkanes) is 4. The Balaban J connectivity index is 1.70. The number of amides is 1. The fourth-order valence-corrected chi connectivity index (χ4v) is 3.37. The molecule has 1 N–H and O–H groups in total. The maximum Gasteiger partial charge on any atom is 0.374 e. The molecule has 33 heavy (non-hydrogen) atoms. The van der Waals surface area contributed by atoms with Crippen LogP contribution >= 0.6 is 0 Å². The Kier molecular flexibility index (Phi) is 8.63. The van der Waals surface area contributed by atoms with E-state index >= 15 is 0 Å². The molecule has 0 aliphatic rings. The second-order valence-electron chi connectivity index (χ2n) is 7.62. The minimum Gasteiger partial charge on any atom is -0.494 e. The average Bonchev–Trinajstić information content (AvgIpc) is 2.82. The number of para-hydroxylation sites is 1. The van der Waals surface area contributed by atoms with E-state index in [2.05, 4.69) is 12.2 Å². The van der Waals surface area contributed by atoms with Crippen molar-refractivity contribution in [3.8, 4) is 5.75 Å². The van der Waals surface area contributed by atoms with E-state index < -0.39 is 11.4 Å². The first kappa shape index (κ1) is 24.0. The predicted molar refractivity (Wildman–Crippen MR) is 127 cm³/mol. The number of anilines is 1. The Bertz CT molecular complexity index is 1150. The fraction of sp³-hybridized carbons (Fsp3) is 0.346. The zero-order valence-electron chi connectivity index (χ0n) is 19.0. The molecule has 3 rings (SSSR count). The van der Waals surface area contributed by atoms with Crippen molar-refractivity contribution in [3.63, 3.8) is 0 Å². The molecule has 1 amide bonds. The fourth-order valence-electron chi connectivity index (χ4n) is 3.37. The number of rotatable bonds is 11. The quantitative estimate of drug-likeness (QED) is 0.302. The molecule has 7 nitrogen and oxygen atoms in total. The Labute approximate surface area is 192 Å². The first-order valence-electron chi connectivity index (χ1n) is 11.3. The van der Waals surface area contributed by atoms with E-state index in [1.54, 1.807) is 49.4 Å². The van der Waals surface area contributed by atoms with Gasteiger partial charge in [-0.05, 0) is 49.7 Å². The van der Waals surface area contributed by atoms with Crippen molar-refractivity contribution in [1.82, 2.24) is 0 Å². The highest BCUT2D eigenvalue weighted by molar-refractivity contribution is 6.08. The Morgan fingerprint density at radius 2 is 1.73 bits per heavy atom. The van der Waals surface area contributed by atoms with Gasteiger partial charge in [0.1, 0.15) is 5.75 Å². The summed E-state index contributed by atoms with van der Waals surface area (Å²) in [6, 6.07) is 12.8. The summed E-state index contributed by atoms with van der Waals surface area (Å²) in [6.45, 7) is 4.64. The molecule has 7 heteroatoms. The number of carbonyl (C=O) groups excluding carboxylic acids is 2. The van der Waals surface area contributed by atoms with Gasteiger partial charge in [0.15, 0.2) is 11.0 Å². The van der Waals surface area contributed by atoms with Crippen LogP contribution in [0.5, 0.6) is 5.75 Å². The number of ether oxygens (including phenoxy) is 2. The molecule has 0 atom stereocenters. The van der Waals surface area contributed by atoms with Crippen LogP contribution in [-0.2, 0) is 4.74 Å². The maximum atomic E-state index is 12.8. The van der Waals surface area contributed by atoms with Crippen molar-refractivity contribution >= 4 is 28.5 Å². The molecule has 0 radical (unpaired) electrons. The highest BCUT2D eigenvalue weighted by Gasteiger charge is 2.17. The first-order valence-corrected chi connectivity index (χ1v) is 11.3. The summed E-state index contributed by atoms with van der Waals surface area (Å²) in [6.07, 6.45) is 5.82. The average molecular weight is 452 g/mol. The van der Waals surface area contributed by atoms with E-state index in [0.717, 1.165) is 18.9 Å². The molecule has 1 heterocycles. The number of esters is 1. The third-order valence-electron chi connectivity index (χ3n) is 5.11. The van der Waals surface area contributed by atoms with Crippen LogP contribution in [0.2, 0.25) is 0 Å². The van der Waals surface area contributed by atoms with Crippen LogP contribution in [0.25, 0.3) is 11.0 Å². The molecular weight excluding hydrogens is 422 g/mol. The zero-order valence-corrected chi connectivity index (χ0v) is 19.0. The van der Waals surface area contributed by atoms with Gasteiger partial charge in [0, 0.05) is 11.6 Å². The number of fused-ring (bicyclic) bond motifs is 1. The van der Waals surface area contributed by atoms with Gasteiger partial charge in [0.05, 0.1) is 24.3 Å². The predicted octanol–water partition coefficient (Wildman–Crippen LogP) is 5.57. The standard InChI is InChI=1S/C26H29NO6/c1-3-5-6-7-8-16-32-19-14-12-18(13-15-19)25(29)27-21-11-9-10-20-22(28)17-23(33-24(20)21)26(30)31-4-2/h9-15,17H,3-8,16H2,1-2H3,(H,27,29). The summed E-state index contributed by atoms with van der Waals surface area (Å²) in [5, 5.41) is 3.01. The molecule has 2 aromatic carbocycles. The van der Waals surface area contributed by atoms with Gasteiger partial charge < -0.3 is 19.2 Å². The third-order valence-corrected chi connectivity index (χ3v) is 5.11. The van der Waals surface area contributed by atoms with Crippen molar-refractivity contribution < 1.29 is 23.5 Å². The van der Waals surface area contributed by atoms with E-state index in [0.29, 0.717) is 17.9 Å². The lowest BCUT2D eigenvalue weighted by Gasteiger charge is -2.10. The smallest absolute Gasteiger partial charge is 0.374 e. The summed E-state index contributed by atoms with van der Waals surface area (Å²) >= 11 is 0. The third kappa shape index (κ3) is 6.44. The van der Waals surface area contributed by atoms with Crippen molar-refractivity contribution in [3.05, 3.63) is 70.1 Å². The number of carbonyl (C=O) groups is 2. The number of benzene rings is 2. The highest BCUT2D eigenvalue weighted by Crippen LogP contribution is 2.24. The molecule has 0 fully saturated rings. The topological polar surface area (TPSA) is 94.8 Å². The summed E-state index contributed by atoms with van der Waals surface area (Å²) in [5.41, 5.74) is 0.426. The second-order valence-corrected chi connectivity index (χ2v) is 7.62. The molecule has 174 valence electrons. The van der Waals surface area contributed by atoms with Gasteiger partial charge in [0.2, 0.25) is 5.76 Å². The molecule has 0 saturated carbocycles. The van der Waals surface area contributed by atoms with E-state index in [-0.39, 0.29) is 34.9 Å². The molecule has 0 spiro atoms. The van der Waals surface area contributed by atoms with Crippen LogP contribution in [0.4, 0.5) is 5.69 Å². The lowest BCUT2D eigenvalue weighted by atomic mass is 10.1. The molecular formula is C26H29NO6. The Morgan fingerprint density at radius 1 is 0.970 bits per heavy atom. The van der Waals surface area contributed by atoms with E-state index in [1.807, 2.05) is 0 Å². The SMILES string of the molecule is CCCCCCCOc1ccc(C(=O)Nc2cccc3c(=O)cc(C(=O)OCC)oc23)cc1.